The molecule has 0 aromatic heterocycles. The maximum Gasteiger partial charge on any atom is 0.0853 e. The Hall–Kier alpha value is -1.64. The van der Waals surface area contributed by atoms with Crippen molar-refractivity contribution in [2.45, 2.75) is 58.9 Å². The second kappa shape index (κ2) is 8.16. The Balaban J connectivity index is 1.69. The van der Waals surface area contributed by atoms with Gasteiger partial charge >= 0.3 is 0 Å². The topological polar surface area (TPSA) is 28.0 Å². The van der Waals surface area contributed by atoms with Gasteiger partial charge in [-0.2, -0.15) is 0 Å². The second-order valence-corrected chi connectivity index (χ2v) is 7.81. The summed E-state index contributed by atoms with van der Waals surface area (Å²) in [7, 11) is 0. The van der Waals surface area contributed by atoms with E-state index in [2.05, 4.69) is 61.0 Å². The van der Waals surface area contributed by atoms with Gasteiger partial charge in [0.05, 0.1) is 12.9 Å². The summed E-state index contributed by atoms with van der Waals surface area (Å²) < 4.78 is 0. The molecule has 0 aromatic carbocycles. The van der Waals surface area contributed by atoms with Gasteiger partial charge in [0.2, 0.25) is 0 Å². The summed E-state index contributed by atoms with van der Waals surface area (Å²) in [5.74, 6) is 0.553. The molecule has 0 N–H and O–H groups in total. The van der Waals surface area contributed by atoms with Crippen LogP contribution in [0.2, 0.25) is 0 Å². The Morgan fingerprint density at radius 2 is 2.32 bits per heavy atom. The SMILES string of the molecule is CCCC(=NCCC(C)N1C=NCC1)C1CCC=C2C=CC=CC21C. The molecular weight excluding hydrogens is 306 g/mol. The predicted octanol–water partition coefficient (Wildman–Crippen LogP) is 4.82. The van der Waals surface area contributed by atoms with Crippen LogP contribution in [-0.2, 0) is 0 Å². The lowest BCUT2D eigenvalue weighted by Crippen LogP contribution is -2.36. The molecule has 0 fully saturated rings. The highest BCUT2D eigenvalue weighted by molar-refractivity contribution is 5.88. The van der Waals surface area contributed by atoms with Crippen molar-refractivity contribution in [1.82, 2.24) is 4.90 Å². The minimum atomic E-state index is 0.133. The molecule has 3 rings (SSSR count). The van der Waals surface area contributed by atoms with E-state index < -0.39 is 0 Å². The Morgan fingerprint density at radius 1 is 1.44 bits per heavy atom. The van der Waals surface area contributed by atoms with Crippen LogP contribution in [-0.4, -0.2) is 42.6 Å². The van der Waals surface area contributed by atoms with Crippen LogP contribution in [0.15, 0.2) is 45.9 Å². The maximum absolute atomic E-state index is 5.15. The third kappa shape index (κ3) is 3.96. The van der Waals surface area contributed by atoms with Crippen LogP contribution in [0, 0.1) is 11.3 Å². The van der Waals surface area contributed by atoms with Gasteiger partial charge in [-0.15, -0.1) is 0 Å². The van der Waals surface area contributed by atoms with E-state index in [9.17, 15) is 0 Å². The molecule has 1 heterocycles. The molecule has 0 amide bonds. The van der Waals surface area contributed by atoms with Crippen LogP contribution in [0.25, 0.3) is 0 Å². The number of nitrogens with zero attached hydrogens (tertiary/aromatic N) is 3. The molecule has 0 aromatic rings. The van der Waals surface area contributed by atoms with Crippen molar-refractivity contribution in [3.05, 3.63) is 36.0 Å². The molecule has 1 aliphatic heterocycles. The molecular formula is C22H33N3. The van der Waals surface area contributed by atoms with Gasteiger partial charge in [-0.05, 0) is 38.2 Å². The maximum atomic E-state index is 5.15. The Labute approximate surface area is 153 Å². The van der Waals surface area contributed by atoms with Crippen molar-refractivity contribution in [3.63, 3.8) is 0 Å². The lowest BCUT2D eigenvalue weighted by Gasteiger charge is -2.41. The van der Waals surface area contributed by atoms with E-state index in [-0.39, 0.29) is 5.41 Å². The highest BCUT2D eigenvalue weighted by atomic mass is 15.2. The van der Waals surface area contributed by atoms with E-state index in [1.165, 1.54) is 30.5 Å². The predicted molar refractivity (Wildman–Crippen MR) is 109 cm³/mol. The van der Waals surface area contributed by atoms with Gasteiger partial charge in [0, 0.05) is 36.2 Å². The molecule has 0 saturated carbocycles. The van der Waals surface area contributed by atoms with E-state index in [4.69, 9.17) is 4.99 Å². The van der Waals surface area contributed by atoms with Crippen LogP contribution in [0.3, 0.4) is 0 Å². The van der Waals surface area contributed by atoms with Crippen molar-refractivity contribution in [3.8, 4) is 0 Å². The third-order valence-corrected chi connectivity index (χ3v) is 6.05. The first-order chi connectivity index (χ1) is 12.1. The van der Waals surface area contributed by atoms with E-state index in [1.54, 1.807) is 0 Å². The monoisotopic (exact) mass is 339 g/mol. The number of rotatable bonds is 7. The number of hydrogen-bond donors (Lipinski definition) is 0. The number of fused-ring (bicyclic) bond motifs is 1. The summed E-state index contributed by atoms with van der Waals surface area (Å²) in [5.41, 5.74) is 3.06. The van der Waals surface area contributed by atoms with E-state index in [0.717, 1.165) is 32.5 Å². The smallest absolute Gasteiger partial charge is 0.0853 e. The third-order valence-electron chi connectivity index (χ3n) is 6.05. The highest BCUT2D eigenvalue weighted by Crippen LogP contribution is 2.46. The summed E-state index contributed by atoms with van der Waals surface area (Å²) in [4.78, 5) is 11.8. The molecule has 0 saturated heterocycles. The first kappa shape index (κ1) is 18.2. The minimum absolute atomic E-state index is 0.133. The van der Waals surface area contributed by atoms with Crippen molar-refractivity contribution >= 4 is 12.1 Å². The number of aliphatic imine (C=N–C) groups is 2. The fraction of sp³-hybridized carbons (Fsp3) is 0.636. The number of allylic oxidation sites excluding steroid dienone is 6. The lowest BCUT2D eigenvalue weighted by atomic mass is 9.62. The average Bonchev–Trinajstić information content (AvgIpc) is 3.15. The Morgan fingerprint density at radius 3 is 3.08 bits per heavy atom. The van der Waals surface area contributed by atoms with E-state index >= 15 is 0 Å². The Bertz CT molecular complexity index is 611. The molecule has 136 valence electrons. The van der Waals surface area contributed by atoms with Crippen molar-refractivity contribution in [2.24, 2.45) is 21.3 Å². The Kier molecular flexibility index (Phi) is 5.93. The largest absolute Gasteiger partial charge is 0.358 e. The molecule has 3 nitrogen and oxygen atoms in total. The summed E-state index contributed by atoms with van der Waals surface area (Å²) in [6.07, 6.45) is 19.3. The van der Waals surface area contributed by atoms with Gasteiger partial charge in [0.1, 0.15) is 0 Å². The van der Waals surface area contributed by atoms with Gasteiger partial charge in [-0.3, -0.25) is 9.98 Å². The molecule has 3 atom stereocenters. The zero-order valence-electron chi connectivity index (χ0n) is 16.1. The molecule has 0 spiro atoms. The van der Waals surface area contributed by atoms with Gasteiger partial charge < -0.3 is 4.90 Å². The molecule has 3 heteroatoms. The van der Waals surface area contributed by atoms with Crippen LogP contribution >= 0.6 is 0 Å². The van der Waals surface area contributed by atoms with Crippen molar-refractivity contribution in [1.29, 1.82) is 0 Å². The normalized spacial score (nSPS) is 29.7. The molecule has 0 radical (unpaired) electrons. The zero-order chi connectivity index (χ0) is 17.7. The zero-order valence-corrected chi connectivity index (χ0v) is 16.1. The molecule has 3 unspecified atom stereocenters. The van der Waals surface area contributed by atoms with Gasteiger partial charge in [0.25, 0.3) is 0 Å². The molecule has 25 heavy (non-hydrogen) atoms. The lowest BCUT2D eigenvalue weighted by molar-refractivity contribution is 0.345. The summed E-state index contributed by atoms with van der Waals surface area (Å²) >= 11 is 0. The molecule has 3 aliphatic rings. The first-order valence-corrected chi connectivity index (χ1v) is 10.0. The molecule has 0 bridgehead atoms. The van der Waals surface area contributed by atoms with E-state index in [0.29, 0.717) is 12.0 Å². The standard InChI is InChI=1S/C22H33N3/c1-4-8-21(24-14-12-18(2)25-16-15-23-17-25)20-11-7-10-19-9-5-6-13-22(19,20)3/h5-6,9-10,13,17-18,20H,4,7-8,11-12,14-16H2,1-3H3. The van der Waals surface area contributed by atoms with Gasteiger partial charge in [-0.1, -0.05) is 50.6 Å². The fourth-order valence-corrected chi connectivity index (χ4v) is 4.42. The van der Waals surface area contributed by atoms with Crippen LogP contribution in [0.5, 0.6) is 0 Å². The number of hydrogen-bond acceptors (Lipinski definition) is 3. The average molecular weight is 340 g/mol. The fourth-order valence-electron chi connectivity index (χ4n) is 4.42. The second-order valence-electron chi connectivity index (χ2n) is 7.81. The van der Waals surface area contributed by atoms with Crippen LogP contribution in [0.4, 0.5) is 0 Å². The summed E-state index contributed by atoms with van der Waals surface area (Å²) in [6, 6.07) is 0.535. The van der Waals surface area contributed by atoms with Crippen molar-refractivity contribution in [2.75, 3.05) is 19.6 Å². The van der Waals surface area contributed by atoms with Gasteiger partial charge in [0.15, 0.2) is 0 Å². The quantitative estimate of drug-likeness (QED) is 0.611. The van der Waals surface area contributed by atoms with Crippen LogP contribution < -0.4 is 0 Å². The summed E-state index contributed by atoms with van der Waals surface area (Å²) in [5, 5.41) is 0. The van der Waals surface area contributed by atoms with E-state index in [1.807, 2.05) is 6.34 Å². The van der Waals surface area contributed by atoms with Crippen LogP contribution in [0.1, 0.15) is 52.9 Å². The first-order valence-electron chi connectivity index (χ1n) is 10.0. The highest BCUT2D eigenvalue weighted by Gasteiger charge is 2.39. The van der Waals surface area contributed by atoms with Crippen molar-refractivity contribution < 1.29 is 0 Å². The van der Waals surface area contributed by atoms with Gasteiger partial charge in [-0.25, -0.2) is 0 Å². The molecule has 2 aliphatic carbocycles. The summed E-state index contributed by atoms with van der Waals surface area (Å²) in [6.45, 7) is 9.92. The minimum Gasteiger partial charge on any atom is -0.358 e.